The first-order valence-electron chi connectivity index (χ1n) is 9.96. The third-order valence-corrected chi connectivity index (χ3v) is 6.92. The maximum Gasteiger partial charge on any atom is 0.206 e. The highest BCUT2D eigenvalue weighted by molar-refractivity contribution is 7.91. The summed E-state index contributed by atoms with van der Waals surface area (Å²) in [5.41, 5.74) is 2.13. The lowest BCUT2D eigenvalue weighted by Crippen LogP contribution is -2.13. The van der Waals surface area contributed by atoms with Gasteiger partial charge in [0.25, 0.3) is 0 Å². The van der Waals surface area contributed by atoms with Gasteiger partial charge < -0.3 is 9.26 Å². The molecule has 0 radical (unpaired) electrons. The Balaban J connectivity index is 1.47. The molecule has 0 fully saturated rings. The number of ketones is 1. The smallest absolute Gasteiger partial charge is 0.206 e. The monoisotopic (exact) mass is 450 g/mol. The van der Waals surface area contributed by atoms with E-state index in [4.69, 9.17) is 9.26 Å². The van der Waals surface area contributed by atoms with Gasteiger partial charge in [0.05, 0.1) is 9.79 Å². The average Bonchev–Trinajstić information content (AvgIpc) is 3.34. The summed E-state index contributed by atoms with van der Waals surface area (Å²) in [6.45, 7) is 5.36. The minimum Gasteiger partial charge on any atom is -0.485 e. The molecular weight excluding hydrogens is 428 g/mol. The molecule has 0 unspecified atom stereocenters. The maximum absolute atomic E-state index is 12.8. The van der Waals surface area contributed by atoms with Crippen LogP contribution in [0.1, 0.15) is 27.5 Å². The zero-order chi connectivity index (χ0) is 22.9. The van der Waals surface area contributed by atoms with Gasteiger partial charge >= 0.3 is 0 Å². The first kappa shape index (κ1) is 21.6. The maximum atomic E-state index is 12.8. The molecule has 32 heavy (non-hydrogen) atoms. The summed E-state index contributed by atoms with van der Waals surface area (Å²) in [6, 6.07) is 17.8. The van der Waals surface area contributed by atoms with Crippen molar-refractivity contribution < 1.29 is 22.5 Å². The van der Waals surface area contributed by atoms with Gasteiger partial charge in [-0.15, -0.1) is 0 Å². The second kappa shape index (κ2) is 8.47. The molecule has 0 aliphatic heterocycles. The Bertz CT molecular complexity index is 1370. The number of hydrogen-bond acceptors (Lipinski definition) is 6. The predicted molar refractivity (Wildman–Crippen MR) is 118 cm³/mol. The van der Waals surface area contributed by atoms with Crippen molar-refractivity contribution in [1.29, 1.82) is 0 Å². The Hall–Kier alpha value is -3.65. The van der Waals surface area contributed by atoms with Crippen LogP contribution in [0.5, 0.6) is 5.75 Å². The molecule has 0 amide bonds. The van der Waals surface area contributed by atoms with Gasteiger partial charge in [0.15, 0.2) is 12.4 Å². The van der Waals surface area contributed by atoms with E-state index < -0.39 is 9.84 Å². The summed E-state index contributed by atoms with van der Waals surface area (Å²) >= 11 is 0. The average molecular weight is 451 g/mol. The van der Waals surface area contributed by atoms with E-state index in [1.807, 2.05) is 18.4 Å². The minimum absolute atomic E-state index is 0.161. The van der Waals surface area contributed by atoms with E-state index in [-0.39, 0.29) is 22.2 Å². The van der Waals surface area contributed by atoms with E-state index >= 15 is 0 Å². The Morgan fingerprint density at radius 1 is 0.969 bits per heavy atom. The van der Waals surface area contributed by atoms with Crippen molar-refractivity contribution in [2.24, 2.45) is 0 Å². The molecular formula is C24H22N2O5S. The fourth-order valence-corrected chi connectivity index (χ4v) is 4.82. The molecule has 0 spiro atoms. The highest BCUT2D eigenvalue weighted by atomic mass is 32.2. The van der Waals surface area contributed by atoms with Gasteiger partial charge in [0, 0.05) is 23.0 Å². The van der Waals surface area contributed by atoms with Crippen LogP contribution in [0.25, 0.3) is 5.82 Å². The van der Waals surface area contributed by atoms with Crippen molar-refractivity contribution in [3.63, 3.8) is 0 Å². The second-order valence-electron chi connectivity index (χ2n) is 7.42. The van der Waals surface area contributed by atoms with Crippen molar-refractivity contribution in [2.75, 3.05) is 6.61 Å². The summed E-state index contributed by atoms with van der Waals surface area (Å²) in [5.74, 6) is 1.52. The van der Waals surface area contributed by atoms with Gasteiger partial charge in [0.2, 0.25) is 15.6 Å². The van der Waals surface area contributed by atoms with Crippen LogP contribution in [-0.2, 0) is 9.84 Å². The van der Waals surface area contributed by atoms with Crippen LogP contribution >= 0.6 is 0 Å². The Kier molecular flexibility index (Phi) is 5.71. The number of aryl methyl sites for hydroxylation is 2. The molecule has 2 aromatic heterocycles. The number of benzene rings is 2. The number of ether oxygens (including phenoxy) is 1. The van der Waals surface area contributed by atoms with Crippen LogP contribution in [0.4, 0.5) is 0 Å². The number of aromatic nitrogens is 2. The van der Waals surface area contributed by atoms with Crippen LogP contribution < -0.4 is 4.74 Å². The van der Waals surface area contributed by atoms with Gasteiger partial charge in [-0.2, -0.15) is 0 Å². The van der Waals surface area contributed by atoms with Gasteiger partial charge in [-0.05, 0) is 63.2 Å². The molecule has 8 heteroatoms. The van der Waals surface area contributed by atoms with Gasteiger partial charge in [-0.1, -0.05) is 23.4 Å². The lowest BCUT2D eigenvalue weighted by molar-refractivity contribution is 0.0921. The minimum atomic E-state index is -3.60. The zero-order valence-electron chi connectivity index (χ0n) is 17.9. The molecule has 2 heterocycles. The molecule has 0 bridgehead atoms. The number of rotatable bonds is 7. The fraction of sp³-hybridized carbons (Fsp3) is 0.167. The molecule has 0 N–H and O–H groups in total. The molecule has 2 aromatic carbocycles. The molecule has 0 atom stereocenters. The summed E-state index contributed by atoms with van der Waals surface area (Å²) < 4.78 is 38.0. The lowest BCUT2D eigenvalue weighted by atomic mass is 10.1. The SMILES string of the molecule is Cc1cc(-n2c(C)cc(C(=O)COc3ccc(S(=O)(=O)c4ccccc4)cc3)c2C)no1. The van der Waals surface area contributed by atoms with Crippen molar-refractivity contribution in [2.45, 2.75) is 30.6 Å². The van der Waals surface area contributed by atoms with Gasteiger partial charge in [-0.3, -0.25) is 9.36 Å². The molecule has 7 nitrogen and oxygen atoms in total. The van der Waals surface area contributed by atoms with Crippen molar-refractivity contribution in [3.05, 3.63) is 89.4 Å². The third-order valence-electron chi connectivity index (χ3n) is 5.13. The van der Waals surface area contributed by atoms with Crippen molar-refractivity contribution in [1.82, 2.24) is 9.72 Å². The summed E-state index contributed by atoms with van der Waals surface area (Å²) in [7, 11) is -3.60. The van der Waals surface area contributed by atoms with E-state index in [0.29, 0.717) is 22.9 Å². The molecule has 0 aliphatic carbocycles. The fourth-order valence-electron chi connectivity index (χ4n) is 3.53. The number of carbonyl (C=O) groups is 1. The van der Waals surface area contributed by atoms with Crippen LogP contribution in [-0.4, -0.2) is 30.5 Å². The van der Waals surface area contributed by atoms with Crippen LogP contribution in [0.2, 0.25) is 0 Å². The molecule has 4 aromatic rings. The van der Waals surface area contributed by atoms with Crippen molar-refractivity contribution in [3.8, 4) is 11.6 Å². The van der Waals surface area contributed by atoms with Crippen LogP contribution in [0, 0.1) is 20.8 Å². The number of carbonyl (C=O) groups excluding carboxylic acids is 1. The summed E-state index contributed by atoms with van der Waals surface area (Å²) in [5, 5.41) is 4.02. The van der Waals surface area contributed by atoms with Crippen LogP contribution in [0.3, 0.4) is 0 Å². The molecule has 164 valence electrons. The van der Waals surface area contributed by atoms with Crippen LogP contribution in [0.15, 0.2) is 81.0 Å². The molecule has 0 aliphatic rings. The normalized spacial score (nSPS) is 11.5. The molecule has 0 saturated carbocycles. The topological polar surface area (TPSA) is 91.4 Å². The Morgan fingerprint density at radius 3 is 2.25 bits per heavy atom. The second-order valence-corrected chi connectivity index (χ2v) is 9.37. The standard InChI is InChI=1S/C24H22N2O5S/c1-16-13-22(18(3)26(16)24-14-17(2)31-25-24)23(27)15-30-19-9-11-21(12-10-19)32(28,29)20-7-5-4-6-8-20/h4-14H,15H2,1-3H3. The van der Waals surface area contributed by atoms with E-state index in [9.17, 15) is 13.2 Å². The van der Waals surface area contributed by atoms with E-state index in [0.717, 1.165) is 11.4 Å². The summed E-state index contributed by atoms with van der Waals surface area (Å²) in [4.78, 5) is 13.2. The number of sulfone groups is 1. The van der Waals surface area contributed by atoms with E-state index in [1.54, 1.807) is 61.5 Å². The quantitative estimate of drug-likeness (QED) is 0.386. The van der Waals surface area contributed by atoms with E-state index in [2.05, 4.69) is 5.16 Å². The zero-order valence-corrected chi connectivity index (χ0v) is 18.7. The molecule has 4 rings (SSSR count). The first-order valence-corrected chi connectivity index (χ1v) is 11.4. The Morgan fingerprint density at radius 2 is 1.62 bits per heavy atom. The largest absolute Gasteiger partial charge is 0.485 e. The summed E-state index contributed by atoms with van der Waals surface area (Å²) in [6.07, 6.45) is 0. The first-order chi connectivity index (χ1) is 15.3. The predicted octanol–water partition coefficient (Wildman–Crippen LogP) is 4.49. The van der Waals surface area contributed by atoms with Gasteiger partial charge in [-0.25, -0.2) is 8.42 Å². The highest BCUT2D eigenvalue weighted by Crippen LogP contribution is 2.24. The van der Waals surface area contributed by atoms with Gasteiger partial charge in [0.1, 0.15) is 11.5 Å². The number of hydrogen-bond donors (Lipinski definition) is 0. The Labute approximate surface area is 186 Å². The number of Topliss-reactive ketones (excluding diaryl/α,β-unsaturated/α-hetero) is 1. The lowest BCUT2D eigenvalue weighted by Gasteiger charge is -2.08. The highest BCUT2D eigenvalue weighted by Gasteiger charge is 2.20. The molecule has 0 saturated heterocycles. The van der Waals surface area contributed by atoms with Crippen molar-refractivity contribution >= 4 is 15.6 Å². The third kappa shape index (κ3) is 4.09. The number of nitrogens with zero attached hydrogens (tertiary/aromatic N) is 2. The van der Waals surface area contributed by atoms with E-state index in [1.165, 1.54) is 12.1 Å².